The number of methoxy groups -OCH3 is 1. The van der Waals surface area contributed by atoms with Gasteiger partial charge in [-0.3, -0.25) is 4.79 Å². The van der Waals surface area contributed by atoms with Crippen molar-refractivity contribution in [3.63, 3.8) is 0 Å². The van der Waals surface area contributed by atoms with E-state index in [1.54, 1.807) is 11.8 Å². The quantitative estimate of drug-likeness (QED) is 0.756. The maximum absolute atomic E-state index is 11.3. The molecule has 0 radical (unpaired) electrons. The van der Waals surface area contributed by atoms with Gasteiger partial charge in [0.15, 0.2) is 0 Å². The van der Waals surface area contributed by atoms with Crippen molar-refractivity contribution in [2.75, 3.05) is 24.4 Å². The van der Waals surface area contributed by atoms with E-state index in [-0.39, 0.29) is 17.2 Å². The number of carbonyl (C=O) groups is 1. The van der Waals surface area contributed by atoms with E-state index in [0.717, 1.165) is 5.75 Å². The molecule has 1 aromatic heterocycles. The van der Waals surface area contributed by atoms with Crippen LogP contribution < -0.4 is 15.8 Å². The van der Waals surface area contributed by atoms with E-state index in [1.807, 2.05) is 6.26 Å². The normalized spacial score (nSPS) is 11.9. The summed E-state index contributed by atoms with van der Waals surface area (Å²) in [4.78, 5) is 22.8. The first-order valence-corrected chi connectivity index (χ1v) is 6.84. The van der Waals surface area contributed by atoms with E-state index in [2.05, 4.69) is 20.3 Å². The van der Waals surface area contributed by atoms with Gasteiger partial charge in [0, 0.05) is 0 Å². The van der Waals surface area contributed by atoms with Crippen LogP contribution in [0.15, 0.2) is 0 Å². The summed E-state index contributed by atoms with van der Waals surface area (Å²) in [5.41, 5.74) is 5.29. The minimum Gasteiger partial charge on any atom is -0.467 e. The van der Waals surface area contributed by atoms with Gasteiger partial charge in [0.25, 0.3) is 0 Å². The van der Waals surface area contributed by atoms with Crippen molar-refractivity contribution in [3.05, 3.63) is 5.28 Å². The minimum absolute atomic E-state index is 0.0163. The molecule has 3 N–H and O–H groups in total. The highest BCUT2D eigenvalue weighted by Gasteiger charge is 2.17. The maximum Gasteiger partial charge on any atom is 0.322 e. The first kappa shape index (κ1) is 14.8. The number of nitrogens with two attached hydrogens (primary N) is 1. The van der Waals surface area contributed by atoms with Crippen molar-refractivity contribution in [2.45, 2.75) is 12.5 Å². The van der Waals surface area contributed by atoms with Gasteiger partial charge in [-0.25, -0.2) is 0 Å². The van der Waals surface area contributed by atoms with Crippen molar-refractivity contribution < 1.29 is 9.53 Å². The molecule has 1 rings (SSSR count). The molecule has 0 aliphatic heterocycles. The fraction of sp³-hybridized carbons (Fsp3) is 0.556. The molecule has 0 fully saturated rings. The molecule has 1 atom stereocenters. The predicted molar refractivity (Wildman–Crippen MR) is 71.0 cm³/mol. The topological polar surface area (TPSA) is 103 Å². The number of primary amides is 1. The lowest BCUT2D eigenvalue weighted by atomic mass is 10.2. The smallest absolute Gasteiger partial charge is 0.322 e. The average molecular weight is 292 g/mol. The number of nitrogens with zero attached hydrogens (tertiary/aromatic N) is 3. The molecule has 0 saturated carbocycles. The Kier molecular flexibility index (Phi) is 5.93. The highest BCUT2D eigenvalue weighted by Crippen LogP contribution is 2.13. The minimum atomic E-state index is -0.555. The number of anilines is 1. The molecule has 0 bridgehead atoms. The van der Waals surface area contributed by atoms with E-state index >= 15 is 0 Å². The predicted octanol–water partition coefficient (Wildman–Crippen LogP) is 0.552. The molecule has 9 heteroatoms. The van der Waals surface area contributed by atoms with Crippen LogP contribution >= 0.6 is 23.4 Å². The average Bonchev–Trinajstić information content (AvgIpc) is 2.33. The van der Waals surface area contributed by atoms with Gasteiger partial charge in [-0.2, -0.15) is 26.7 Å². The second-order valence-electron chi connectivity index (χ2n) is 3.30. The van der Waals surface area contributed by atoms with Gasteiger partial charge < -0.3 is 15.8 Å². The van der Waals surface area contributed by atoms with Gasteiger partial charge in [-0.1, -0.05) is 0 Å². The summed E-state index contributed by atoms with van der Waals surface area (Å²) in [6.07, 6.45) is 2.52. The Morgan fingerprint density at radius 2 is 2.28 bits per heavy atom. The number of hydrogen-bond acceptors (Lipinski definition) is 7. The van der Waals surface area contributed by atoms with Gasteiger partial charge in [0.05, 0.1) is 7.11 Å². The molecule has 0 aliphatic rings. The van der Waals surface area contributed by atoms with Crippen LogP contribution in [0.4, 0.5) is 5.95 Å². The van der Waals surface area contributed by atoms with Gasteiger partial charge >= 0.3 is 6.01 Å². The van der Waals surface area contributed by atoms with Crippen molar-refractivity contribution >= 4 is 35.2 Å². The number of nitrogens with one attached hydrogen (secondary N) is 1. The zero-order valence-corrected chi connectivity index (χ0v) is 11.6. The molecular formula is C9H14ClN5O2S. The zero-order valence-electron chi connectivity index (χ0n) is 10.0. The Morgan fingerprint density at radius 3 is 2.83 bits per heavy atom. The summed E-state index contributed by atoms with van der Waals surface area (Å²) in [6, 6.07) is -0.480. The van der Waals surface area contributed by atoms with Crippen LogP contribution in [0, 0.1) is 0 Å². The van der Waals surface area contributed by atoms with E-state index in [9.17, 15) is 4.79 Å². The first-order chi connectivity index (χ1) is 8.56. The van der Waals surface area contributed by atoms with Gasteiger partial charge in [-0.15, -0.1) is 0 Å². The number of halogens is 1. The van der Waals surface area contributed by atoms with Crippen LogP contribution in [0.1, 0.15) is 6.42 Å². The molecule has 0 saturated heterocycles. The molecule has 100 valence electrons. The summed E-state index contributed by atoms with van der Waals surface area (Å²) in [5, 5.41) is 2.80. The molecule has 1 amide bonds. The molecule has 18 heavy (non-hydrogen) atoms. The number of rotatable bonds is 7. The van der Waals surface area contributed by atoms with Crippen LogP contribution in [-0.2, 0) is 4.79 Å². The van der Waals surface area contributed by atoms with Gasteiger partial charge in [0.1, 0.15) is 6.04 Å². The van der Waals surface area contributed by atoms with E-state index in [1.165, 1.54) is 7.11 Å². The Balaban J connectivity index is 2.79. The van der Waals surface area contributed by atoms with Crippen molar-refractivity contribution in [1.82, 2.24) is 15.0 Å². The lowest BCUT2D eigenvalue weighted by Crippen LogP contribution is -2.36. The molecule has 0 spiro atoms. The van der Waals surface area contributed by atoms with Crippen molar-refractivity contribution in [2.24, 2.45) is 5.73 Å². The number of aromatic nitrogens is 3. The fourth-order valence-electron chi connectivity index (χ4n) is 1.16. The van der Waals surface area contributed by atoms with Crippen LogP contribution in [0.5, 0.6) is 6.01 Å². The molecule has 1 unspecified atom stereocenters. The monoisotopic (exact) mass is 291 g/mol. The first-order valence-electron chi connectivity index (χ1n) is 5.07. The number of ether oxygens (including phenoxy) is 1. The number of hydrogen-bond donors (Lipinski definition) is 2. The summed E-state index contributed by atoms with van der Waals surface area (Å²) >= 11 is 7.31. The number of carbonyl (C=O) groups excluding carboxylic acids is 1. The summed E-state index contributed by atoms with van der Waals surface area (Å²) < 4.78 is 4.85. The number of thioether (sulfide) groups is 1. The highest BCUT2D eigenvalue weighted by atomic mass is 35.5. The summed E-state index contributed by atoms with van der Waals surface area (Å²) in [6.45, 7) is 0. The third kappa shape index (κ3) is 4.53. The lowest BCUT2D eigenvalue weighted by molar-refractivity contribution is -0.118. The summed E-state index contributed by atoms with van der Waals surface area (Å²) in [7, 11) is 1.41. The highest BCUT2D eigenvalue weighted by molar-refractivity contribution is 7.98. The Morgan fingerprint density at radius 1 is 1.56 bits per heavy atom. The molecule has 0 aromatic carbocycles. The molecule has 1 aromatic rings. The van der Waals surface area contributed by atoms with Crippen LogP contribution in [0.2, 0.25) is 5.28 Å². The van der Waals surface area contributed by atoms with Crippen LogP contribution in [-0.4, -0.2) is 46.0 Å². The van der Waals surface area contributed by atoms with Gasteiger partial charge in [0.2, 0.25) is 17.1 Å². The van der Waals surface area contributed by atoms with Gasteiger partial charge in [-0.05, 0) is 30.0 Å². The van der Waals surface area contributed by atoms with Crippen LogP contribution in [0.25, 0.3) is 0 Å². The SMILES string of the molecule is COc1nc(Cl)nc(NC(CCSC)C(N)=O)n1. The third-order valence-corrected chi connectivity index (χ3v) is 2.84. The fourth-order valence-corrected chi connectivity index (χ4v) is 1.79. The van der Waals surface area contributed by atoms with Crippen molar-refractivity contribution in [3.8, 4) is 6.01 Å². The van der Waals surface area contributed by atoms with E-state index in [0.29, 0.717) is 6.42 Å². The standard InChI is InChI=1S/C9H14ClN5O2S/c1-17-9-14-7(10)13-8(15-9)12-5(6(11)16)3-4-18-2/h5H,3-4H2,1-2H3,(H2,11,16)(H,12,13,14,15). The molecule has 7 nitrogen and oxygen atoms in total. The third-order valence-electron chi connectivity index (χ3n) is 2.03. The van der Waals surface area contributed by atoms with E-state index < -0.39 is 11.9 Å². The molecular weight excluding hydrogens is 278 g/mol. The summed E-state index contributed by atoms with van der Waals surface area (Å²) in [5.74, 6) is 0.479. The number of amides is 1. The van der Waals surface area contributed by atoms with Crippen LogP contribution in [0.3, 0.4) is 0 Å². The lowest BCUT2D eigenvalue weighted by Gasteiger charge is -2.14. The second-order valence-corrected chi connectivity index (χ2v) is 4.62. The Labute approximate surface area is 114 Å². The molecule has 0 aliphatic carbocycles. The Bertz CT molecular complexity index is 420. The van der Waals surface area contributed by atoms with E-state index in [4.69, 9.17) is 22.1 Å². The van der Waals surface area contributed by atoms with Crippen molar-refractivity contribution in [1.29, 1.82) is 0 Å². The molecule has 1 heterocycles. The largest absolute Gasteiger partial charge is 0.467 e. The Hall–Kier alpha value is -1.28. The zero-order chi connectivity index (χ0) is 13.5. The maximum atomic E-state index is 11.3. The second kappa shape index (κ2) is 7.22.